The highest BCUT2D eigenvalue weighted by molar-refractivity contribution is 8.13. The van der Waals surface area contributed by atoms with Gasteiger partial charge >= 0.3 is 5.82 Å². The van der Waals surface area contributed by atoms with Gasteiger partial charge in [0, 0.05) is 17.6 Å². The molecular weight excluding hydrogens is 296 g/mol. The van der Waals surface area contributed by atoms with Crippen molar-refractivity contribution in [3.05, 3.63) is 27.9 Å². The van der Waals surface area contributed by atoms with Crippen molar-refractivity contribution in [3.8, 4) is 5.75 Å². The van der Waals surface area contributed by atoms with Crippen LogP contribution in [0.4, 0.5) is 5.82 Å². The fourth-order valence-corrected chi connectivity index (χ4v) is 2.21. The molecule has 0 aliphatic carbocycles. The van der Waals surface area contributed by atoms with Crippen LogP contribution < -0.4 is 4.74 Å². The zero-order valence-corrected chi connectivity index (χ0v) is 11.8. The van der Waals surface area contributed by atoms with Crippen LogP contribution in [0.3, 0.4) is 0 Å². The highest BCUT2D eigenvalue weighted by atomic mass is 35.7. The minimum absolute atomic E-state index is 0.0735. The summed E-state index contributed by atoms with van der Waals surface area (Å²) in [7, 11) is 1.55. The summed E-state index contributed by atoms with van der Waals surface area (Å²) in [6.07, 6.45) is 0.760. The molecule has 0 amide bonds. The molecule has 9 heteroatoms. The largest absolute Gasteiger partial charge is 0.486 e. The van der Waals surface area contributed by atoms with Crippen LogP contribution in [0.25, 0.3) is 0 Å². The predicted octanol–water partition coefficient (Wildman–Crippen LogP) is 2.03. The van der Waals surface area contributed by atoms with Crippen LogP contribution in [-0.2, 0) is 9.05 Å². The summed E-state index contributed by atoms with van der Waals surface area (Å²) < 4.78 is 26.6. The van der Waals surface area contributed by atoms with Gasteiger partial charge < -0.3 is 14.9 Å². The molecule has 0 aliphatic rings. The van der Waals surface area contributed by atoms with Gasteiger partial charge in [-0.05, 0) is 34.9 Å². The maximum atomic E-state index is 10.8. The Hall–Kier alpha value is -1.41. The second kappa shape index (κ2) is 6.67. The quantitative estimate of drug-likeness (QED) is 0.331. The average molecular weight is 309 g/mol. The number of aryl methyl sites for hydroxylation is 1. The van der Waals surface area contributed by atoms with Crippen LogP contribution >= 0.6 is 10.7 Å². The molecule has 1 heterocycles. The Morgan fingerprint density at radius 1 is 1.42 bits per heavy atom. The third kappa shape index (κ3) is 5.84. The Bertz CT molecular complexity index is 561. The van der Waals surface area contributed by atoms with Gasteiger partial charge in [-0.3, -0.25) is 0 Å². The molecular formula is C10H13ClN2O5S. The minimum Gasteiger partial charge on any atom is -0.486 e. The van der Waals surface area contributed by atoms with E-state index in [4.69, 9.17) is 15.4 Å². The Labute approximate surface area is 115 Å². The number of halogens is 1. The number of aromatic nitrogens is 1. The maximum absolute atomic E-state index is 10.8. The van der Waals surface area contributed by atoms with E-state index in [1.807, 2.05) is 0 Å². The van der Waals surface area contributed by atoms with Crippen molar-refractivity contribution in [2.45, 2.75) is 19.8 Å². The number of unbranched alkanes of at least 4 members (excludes halogenated alkanes) is 1. The number of hydrogen-bond acceptors (Lipinski definition) is 6. The summed E-state index contributed by atoms with van der Waals surface area (Å²) in [5, 5.41) is 10.8. The smallest absolute Gasteiger partial charge is 0.406 e. The Balaban J connectivity index is 2.52. The highest BCUT2D eigenvalue weighted by Gasteiger charge is 2.17. The van der Waals surface area contributed by atoms with Crippen molar-refractivity contribution in [2.75, 3.05) is 12.4 Å². The van der Waals surface area contributed by atoms with Crippen LogP contribution in [0.1, 0.15) is 18.5 Å². The zero-order chi connectivity index (χ0) is 14.5. The van der Waals surface area contributed by atoms with Crippen molar-refractivity contribution in [1.29, 1.82) is 0 Å². The molecule has 0 fully saturated rings. The Morgan fingerprint density at radius 2 is 2.11 bits per heavy atom. The molecule has 7 nitrogen and oxygen atoms in total. The summed E-state index contributed by atoms with van der Waals surface area (Å²) in [5.41, 5.74) is 0.521. The standard InChI is InChI=1S/C10H13ClN2O5S/c1-8-4-5-9(10(12-8)13(14)15)18-6-2-3-7-19(11,16)17/h4-5H,2-3,6-7H2,1H3. The van der Waals surface area contributed by atoms with Gasteiger partial charge in [-0.25, -0.2) is 8.42 Å². The molecule has 0 aromatic carbocycles. The summed E-state index contributed by atoms with van der Waals surface area (Å²) in [4.78, 5) is 13.9. The van der Waals surface area contributed by atoms with Crippen LogP contribution in [0.2, 0.25) is 0 Å². The van der Waals surface area contributed by atoms with Gasteiger partial charge in [-0.1, -0.05) is 0 Å². The third-order valence-corrected chi connectivity index (χ3v) is 3.43. The molecule has 1 aromatic heterocycles. The molecule has 0 atom stereocenters. The summed E-state index contributed by atoms with van der Waals surface area (Å²) in [6.45, 7) is 1.81. The van der Waals surface area contributed by atoms with E-state index in [0.717, 1.165) is 0 Å². The number of ether oxygens (including phenoxy) is 1. The highest BCUT2D eigenvalue weighted by Crippen LogP contribution is 2.24. The molecule has 0 bridgehead atoms. The lowest BCUT2D eigenvalue weighted by Crippen LogP contribution is -2.05. The van der Waals surface area contributed by atoms with Gasteiger partial charge in [0.2, 0.25) is 14.8 Å². The van der Waals surface area contributed by atoms with Gasteiger partial charge in [0.1, 0.15) is 5.69 Å². The monoisotopic (exact) mass is 308 g/mol. The zero-order valence-electron chi connectivity index (χ0n) is 10.2. The molecule has 19 heavy (non-hydrogen) atoms. The van der Waals surface area contributed by atoms with Crippen molar-refractivity contribution >= 4 is 25.6 Å². The maximum Gasteiger partial charge on any atom is 0.406 e. The molecule has 0 N–H and O–H groups in total. The van der Waals surface area contributed by atoms with Crippen LogP contribution in [0, 0.1) is 17.0 Å². The second-order valence-electron chi connectivity index (χ2n) is 3.83. The van der Waals surface area contributed by atoms with Crippen molar-refractivity contribution in [2.24, 2.45) is 0 Å². The molecule has 106 valence electrons. The van der Waals surface area contributed by atoms with E-state index >= 15 is 0 Å². The van der Waals surface area contributed by atoms with Crippen LogP contribution in [-0.4, -0.2) is 30.7 Å². The molecule has 0 radical (unpaired) electrons. The number of pyridine rings is 1. The topological polar surface area (TPSA) is 99.4 Å². The van der Waals surface area contributed by atoms with E-state index in [-0.39, 0.29) is 23.9 Å². The summed E-state index contributed by atoms with van der Waals surface area (Å²) in [5.74, 6) is -0.416. The fraction of sp³-hybridized carbons (Fsp3) is 0.500. The first kappa shape index (κ1) is 15.6. The summed E-state index contributed by atoms with van der Waals surface area (Å²) in [6, 6.07) is 3.07. The van der Waals surface area contributed by atoms with E-state index in [9.17, 15) is 18.5 Å². The molecule has 0 spiro atoms. The van der Waals surface area contributed by atoms with E-state index in [2.05, 4.69) is 4.98 Å². The van der Waals surface area contributed by atoms with Crippen molar-refractivity contribution in [1.82, 2.24) is 4.98 Å². The van der Waals surface area contributed by atoms with Gasteiger partial charge in [-0.2, -0.15) is 0 Å². The van der Waals surface area contributed by atoms with Gasteiger partial charge in [0.05, 0.1) is 12.4 Å². The Morgan fingerprint density at radius 3 is 2.68 bits per heavy atom. The SMILES string of the molecule is Cc1ccc(OCCCCS(=O)(=O)Cl)c([N+](=O)[O-])n1. The minimum atomic E-state index is -3.50. The molecule has 1 rings (SSSR count). The van der Waals surface area contributed by atoms with Crippen LogP contribution in [0.15, 0.2) is 12.1 Å². The van der Waals surface area contributed by atoms with Crippen molar-refractivity contribution in [3.63, 3.8) is 0 Å². The van der Waals surface area contributed by atoms with Crippen molar-refractivity contribution < 1.29 is 18.1 Å². The average Bonchev–Trinajstić information content (AvgIpc) is 2.28. The third-order valence-electron chi connectivity index (χ3n) is 2.19. The fourth-order valence-electron chi connectivity index (χ4n) is 1.33. The second-order valence-corrected chi connectivity index (χ2v) is 6.73. The first-order valence-corrected chi connectivity index (χ1v) is 7.94. The lowest BCUT2D eigenvalue weighted by molar-refractivity contribution is -0.390. The first-order valence-electron chi connectivity index (χ1n) is 5.47. The first-order chi connectivity index (χ1) is 8.79. The molecule has 1 aromatic rings. The number of rotatable bonds is 7. The lowest BCUT2D eigenvalue weighted by atomic mass is 10.3. The van der Waals surface area contributed by atoms with E-state index in [1.54, 1.807) is 13.0 Å². The van der Waals surface area contributed by atoms with Gasteiger partial charge in [0.25, 0.3) is 0 Å². The molecule has 0 saturated heterocycles. The number of nitrogens with zero attached hydrogens (tertiary/aromatic N) is 2. The summed E-state index contributed by atoms with van der Waals surface area (Å²) >= 11 is 0. The Kier molecular flexibility index (Phi) is 5.49. The predicted molar refractivity (Wildman–Crippen MR) is 70.0 cm³/mol. The van der Waals surface area contributed by atoms with Gasteiger partial charge in [0.15, 0.2) is 0 Å². The van der Waals surface area contributed by atoms with Gasteiger partial charge in [-0.15, -0.1) is 0 Å². The van der Waals surface area contributed by atoms with E-state index in [1.165, 1.54) is 6.07 Å². The van der Waals surface area contributed by atoms with Crippen LogP contribution in [0.5, 0.6) is 5.75 Å². The number of hydrogen-bond donors (Lipinski definition) is 0. The van der Waals surface area contributed by atoms with E-state index in [0.29, 0.717) is 18.5 Å². The number of nitro groups is 1. The molecule has 0 aliphatic heterocycles. The molecule has 0 unspecified atom stereocenters. The van der Waals surface area contributed by atoms with E-state index < -0.39 is 14.0 Å². The lowest BCUT2D eigenvalue weighted by Gasteiger charge is -2.05. The molecule has 0 saturated carbocycles. The normalized spacial score (nSPS) is 11.3.